The van der Waals surface area contributed by atoms with Gasteiger partial charge in [0.25, 0.3) is 0 Å². The Morgan fingerprint density at radius 2 is 1.91 bits per heavy atom. The van der Waals surface area contributed by atoms with Crippen LogP contribution in [0.4, 0.5) is 0 Å². The Labute approximate surface area is 142 Å². The minimum absolute atomic E-state index is 0.125. The Balaban J connectivity index is 2.32. The van der Waals surface area contributed by atoms with E-state index in [1.54, 1.807) is 25.2 Å². The molecule has 0 atom stereocenters. The van der Waals surface area contributed by atoms with E-state index in [2.05, 4.69) is 12.0 Å². The molecule has 1 heterocycles. The van der Waals surface area contributed by atoms with Crippen LogP contribution in [-0.2, 0) is 23.1 Å². The maximum atomic E-state index is 12.7. The van der Waals surface area contributed by atoms with Gasteiger partial charge in [-0.25, -0.2) is 8.42 Å². The second-order valence-electron chi connectivity index (χ2n) is 5.56. The number of nitrogens with zero attached hydrogens (tertiary/aromatic N) is 3. The number of benzene rings is 1. The number of halogens is 1. The van der Waals surface area contributed by atoms with E-state index in [9.17, 15) is 8.42 Å². The number of rotatable bonds is 6. The summed E-state index contributed by atoms with van der Waals surface area (Å²) in [5, 5.41) is 4.73. The van der Waals surface area contributed by atoms with E-state index in [0.717, 1.165) is 29.9 Å². The van der Waals surface area contributed by atoms with Crippen molar-refractivity contribution >= 4 is 21.6 Å². The van der Waals surface area contributed by atoms with Crippen molar-refractivity contribution in [2.75, 3.05) is 7.05 Å². The lowest BCUT2D eigenvalue weighted by atomic mass is 10.2. The van der Waals surface area contributed by atoms with E-state index in [4.69, 9.17) is 11.6 Å². The van der Waals surface area contributed by atoms with E-state index >= 15 is 0 Å². The smallest absolute Gasteiger partial charge is 0.244 e. The van der Waals surface area contributed by atoms with Crippen LogP contribution in [0.25, 0.3) is 0 Å². The molecule has 0 N–H and O–H groups in total. The number of sulfonamides is 1. The summed E-state index contributed by atoms with van der Waals surface area (Å²) in [6.45, 7) is 7.07. The van der Waals surface area contributed by atoms with Gasteiger partial charge in [0.05, 0.1) is 10.7 Å². The van der Waals surface area contributed by atoms with Crippen LogP contribution in [0.5, 0.6) is 0 Å². The van der Waals surface area contributed by atoms with E-state index in [-0.39, 0.29) is 16.5 Å². The molecule has 0 spiro atoms. The number of hydrogen-bond donors (Lipinski definition) is 0. The number of aromatic nitrogens is 2. The van der Waals surface area contributed by atoms with Gasteiger partial charge in [-0.05, 0) is 32.4 Å². The third-order valence-electron chi connectivity index (χ3n) is 3.87. The van der Waals surface area contributed by atoms with Crippen molar-refractivity contribution in [2.24, 2.45) is 0 Å². The first kappa shape index (κ1) is 18.0. The Kier molecular flexibility index (Phi) is 5.49. The highest BCUT2D eigenvalue weighted by atomic mass is 35.5. The highest BCUT2D eigenvalue weighted by Crippen LogP contribution is 2.25. The molecular weight excluding hydrogens is 334 g/mol. The zero-order valence-electron chi connectivity index (χ0n) is 13.9. The highest BCUT2D eigenvalue weighted by molar-refractivity contribution is 7.89. The molecule has 1 aromatic heterocycles. The predicted octanol–water partition coefficient (Wildman–Crippen LogP) is 3.38. The van der Waals surface area contributed by atoms with Crippen LogP contribution in [0.2, 0.25) is 5.02 Å². The van der Waals surface area contributed by atoms with Gasteiger partial charge in [0.2, 0.25) is 10.0 Å². The van der Waals surface area contributed by atoms with Crippen LogP contribution in [0.3, 0.4) is 0 Å². The minimum atomic E-state index is -3.64. The molecule has 0 fully saturated rings. The SMILES string of the molecule is CCCn1nc(C)c(CN(C)S(=O)(=O)c2ccccc2Cl)c1C. The molecule has 5 nitrogen and oxygen atoms in total. The van der Waals surface area contributed by atoms with Gasteiger partial charge in [-0.2, -0.15) is 9.40 Å². The lowest BCUT2D eigenvalue weighted by Gasteiger charge is -2.18. The van der Waals surface area contributed by atoms with Crippen molar-refractivity contribution in [3.63, 3.8) is 0 Å². The van der Waals surface area contributed by atoms with Crippen LogP contribution < -0.4 is 0 Å². The molecule has 0 aliphatic heterocycles. The quantitative estimate of drug-likeness (QED) is 0.798. The molecular formula is C16H22ClN3O2S. The lowest BCUT2D eigenvalue weighted by molar-refractivity contribution is 0.464. The molecule has 0 bridgehead atoms. The molecule has 7 heteroatoms. The van der Waals surface area contributed by atoms with Crippen molar-refractivity contribution in [3.8, 4) is 0 Å². The molecule has 0 aliphatic rings. The fourth-order valence-electron chi connectivity index (χ4n) is 2.52. The van der Waals surface area contributed by atoms with Gasteiger partial charge < -0.3 is 0 Å². The third-order valence-corrected chi connectivity index (χ3v) is 6.18. The predicted molar refractivity (Wildman–Crippen MR) is 92.1 cm³/mol. The summed E-state index contributed by atoms with van der Waals surface area (Å²) in [7, 11) is -2.08. The monoisotopic (exact) mass is 355 g/mol. The van der Waals surface area contributed by atoms with E-state index in [0.29, 0.717) is 0 Å². The molecule has 1 aromatic carbocycles. The van der Waals surface area contributed by atoms with Gasteiger partial charge in [-0.15, -0.1) is 0 Å². The van der Waals surface area contributed by atoms with Gasteiger partial charge in [-0.3, -0.25) is 4.68 Å². The van der Waals surface area contributed by atoms with Gasteiger partial charge in [0.15, 0.2) is 0 Å². The third kappa shape index (κ3) is 3.59. The van der Waals surface area contributed by atoms with Crippen molar-refractivity contribution in [1.82, 2.24) is 14.1 Å². The maximum Gasteiger partial charge on any atom is 0.244 e. The van der Waals surface area contributed by atoms with Crippen molar-refractivity contribution in [1.29, 1.82) is 0 Å². The zero-order chi connectivity index (χ0) is 17.2. The molecule has 0 saturated heterocycles. The molecule has 23 heavy (non-hydrogen) atoms. The van der Waals surface area contributed by atoms with Crippen LogP contribution in [0.15, 0.2) is 29.2 Å². The van der Waals surface area contributed by atoms with Crippen LogP contribution >= 0.6 is 11.6 Å². The largest absolute Gasteiger partial charge is 0.269 e. The van der Waals surface area contributed by atoms with Gasteiger partial charge in [0, 0.05) is 31.4 Å². The van der Waals surface area contributed by atoms with Crippen molar-refractivity contribution in [3.05, 3.63) is 46.2 Å². The minimum Gasteiger partial charge on any atom is -0.269 e. The van der Waals surface area contributed by atoms with Crippen molar-refractivity contribution < 1.29 is 8.42 Å². The number of aryl methyl sites for hydroxylation is 2. The summed E-state index contributed by atoms with van der Waals surface area (Å²) in [5.74, 6) is 0. The average Bonchev–Trinajstić information content (AvgIpc) is 2.75. The lowest BCUT2D eigenvalue weighted by Crippen LogP contribution is -2.27. The van der Waals surface area contributed by atoms with Crippen LogP contribution in [-0.4, -0.2) is 29.6 Å². The summed E-state index contributed by atoms with van der Waals surface area (Å²) >= 11 is 6.04. The van der Waals surface area contributed by atoms with Gasteiger partial charge in [0.1, 0.15) is 4.90 Å². The van der Waals surface area contributed by atoms with Crippen LogP contribution in [0, 0.1) is 13.8 Å². The standard InChI is InChI=1S/C16H22ClN3O2S/c1-5-10-20-13(3)14(12(2)18-20)11-19(4)23(21,22)16-9-7-6-8-15(16)17/h6-9H,5,10-11H2,1-4H3. The summed E-state index contributed by atoms with van der Waals surface area (Å²) in [5.41, 5.74) is 2.80. The van der Waals surface area contributed by atoms with Crippen LogP contribution in [0.1, 0.15) is 30.3 Å². The van der Waals surface area contributed by atoms with E-state index in [1.807, 2.05) is 18.5 Å². The molecule has 0 unspecified atom stereocenters. The molecule has 2 aromatic rings. The van der Waals surface area contributed by atoms with Gasteiger partial charge in [-0.1, -0.05) is 30.7 Å². The summed E-state index contributed by atoms with van der Waals surface area (Å²) < 4.78 is 28.7. The molecule has 0 radical (unpaired) electrons. The zero-order valence-corrected chi connectivity index (χ0v) is 15.4. The fourth-order valence-corrected chi connectivity index (χ4v) is 4.15. The number of hydrogen-bond acceptors (Lipinski definition) is 3. The second kappa shape index (κ2) is 7.03. The topological polar surface area (TPSA) is 55.2 Å². The van der Waals surface area contributed by atoms with E-state index < -0.39 is 10.0 Å². The Morgan fingerprint density at radius 3 is 2.52 bits per heavy atom. The summed E-state index contributed by atoms with van der Waals surface area (Å²) in [6.07, 6.45) is 0.981. The normalized spacial score (nSPS) is 12.1. The summed E-state index contributed by atoms with van der Waals surface area (Å²) in [4.78, 5) is 0.125. The molecule has 0 amide bonds. The molecule has 126 valence electrons. The molecule has 0 aliphatic carbocycles. The maximum absolute atomic E-state index is 12.7. The average molecular weight is 356 g/mol. The first-order valence-corrected chi connectivity index (χ1v) is 9.34. The second-order valence-corrected chi connectivity index (χ2v) is 7.98. The fraction of sp³-hybridized carbons (Fsp3) is 0.438. The van der Waals surface area contributed by atoms with Crippen molar-refractivity contribution in [2.45, 2.75) is 45.2 Å². The van der Waals surface area contributed by atoms with E-state index in [1.165, 1.54) is 10.4 Å². The Hall–Kier alpha value is -1.37. The van der Waals surface area contributed by atoms with Gasteiger partial charge >= 0.3 is 0 Å². The highest BCUT2D eigenvalue weighted by Gasteiger charge is 2.25. The summed E-state index contributed by atoms with van der Waals surface area (Å²) in [6, 6.07) is 6.49. The molecule has 0 saturated carbocycles. The molecule has 2 rings (SSSR count). The Morgan fingerprint density at radius 1 is 1.26 bits per heavy atom. The first-order chi connectivity index (χ1) is 10.8. The first-order valence-electron chi connectivity index (χ1n) is 7.52. The Bertz CT molecular complexity index is 800.